The fraction of sp³-hybridized carbons (Fsp3) is 0.188. The lowest BCUT2D eigenvalue weighted by molar-refractivity contribution is 0.157. The average Bonchev–Trinajstić information content (AvgIpc) is 2.45. The van der Waals surface area contributed by atoms with Crippen LogP contribution in [0.25, 0.3) is 5.70 Å². The number of nitrogens with zero attached hydrogens (tertiary/aromatic N) is 3. The molecule has 22 heavy (non-hydrogen) atoms. The second-order valence-electron chi connectivity index (χ2n) is 5.50. The molecule has 1 aromatic carbocycles. The number of fused-ring (bicyclic) bond motifs is 1. The molecule has 1 N–H and O–H groups in total. The van der Waals surface area contributed by atoms with E-state index in [9.17, 15) is 9.90 Å². The Morgan fingerprint density at radius 3 is 2.82 bits per heavy atom. The Balaban J connectivity index is 2.27. The van der Waals surface area contributed by atoms with E-state index in [1.54, 1.807) is 24.3 Å². The molecule has 6 nitrogen and oxygen atoms in total. The minimum absolute atomic E-state index is 0.334. The molecule has 0 saturated heterocycles. The van der Waals surface area contributed by atoms with E-state index < -0.39 is 11.3 Å². The molecule has 0 aliphatic carbocycles. The summed E-state index contributed by atoms with van der Waals surface area (Å²) in [5.41, 5.74) is 0.451. The third kappa shape index (κ3) is 2.33. The molecular formula is C16H13N3O3. The standard InChI is InChI=1S/C16H13N3O3/c1-16(2)8-12(19-6-5-14(20)18-15(19)21)11-7-10(9-17)3-4-13(11)22-16/h3-8H,1-2H3,(H,18,20,21). The maximum Gasteiger partial charge on any atom is 0.355 e. The van der Waals surface area contributed by atoms with Gasteiger partial charge in [-0.25, -0.2) is 4.79 Å². The van der Waals surface area contributed by atoms with E-state index in [4.69, 9.17) is 10.00 Å². The summed E-state index contributed by atoms with van der Waals surface area (Å²) in [6, 6.07) is 8.43. The minimum atomic E-state index is -0.617. The number of aromatic hydroxyl groups is 1. The van der Waals surface area contributed by atoms with Crippen LogP contribution in [-0.4, -0.2) is 20.3 Å². The lowest BCUT2D eigenvalue weighted by atomic mass is 9.97. The topological polar surface area (TPSA) is 88.1 Å². The molecule has 2 aromatic rings. The first kappa shape index (κ1) is 13.9. The maximum absolute atomic E-state index is 12.1. The van der Waals surface area contributed by atoms with E-state index in [0.717, 1.165) is 0 Å². The van der Waals surface area contributed by atoms with Crippen molar-refractivity contribution in [3.63, 3.8) is 0 Å². The van der Waals surface area contributed by atoms with Crippen LogP contribution in [0.15, 0.2) is 41.3 Å². The molecule has 2 heterocycles. The van der Waals surface area contributed by atoms with Gasteiger partial charge in [-0.3, -0.25) is 4.57 Å². The lowest BCUT2D eigenvalue weighted by Gasteiger charge is -2.31. The zero-order valence-electron chi connectivity index (χ0n) is 12.1. The first-order valence-electron chi connectivity index (χ1n) is 6.65. The highest BCUT2D eigenvalue weighted by Gasteiger charge is 2.28. The van der Waals surface area contributed by atoms with Crippen LogP contribution >= 0.6 is 0 Å². The highest BCUT2D eigenvalue weighted by atomic mass is 16.5. The van der Waals surface area contributed by atoms with Gasteiger partial charge in [-0.1, -0.05) is 0 Å². The molecule has 3 rings (SSSR count). The number of rotatable bonds is 1. The van der Waals surface area contributed by atoms with Crippen molar-refractivity contribution in [3.8, 4) is 17.7 Å². The molecule has 0 spiro atoms. The monoisotopic (exact) mass is 295 g/mol. The molecule has 0 amide bonds. The van der Waals surface area contributed by atoms with Crippen LogP contribution in [0.2, 0.25) is 0 Å². The SMILES string of the molecule is CC1(C)C=C(n2ccc(O)nc2=O)c2cc(C#N)ccc2O1. The van der Waals surface area contributed by atoms with Crippen LogP contribution in [0.3, 0.4) is 0 Å². The van der Waals surface area contributed by atoms with Crippen molar-refractivity contribution in [1.29, 1.82) is 5.26 Å². The molecular weight excluding hydrogens is 282 g/mol. The van der Waals surface area contributed by atoms with Crippen molar-refractivity contribution >= 4 is 5.70 Å². The zero-order chi connectivity index (χ0) is 15.9. The maximum atomic E-state index is 12.1. The zero-order valence-corrected chi connectivity index (χ0v) is 12.1. The summed E-state index contributed by atoms with van der Waals surface area (Å²) < 4.78 is 7.19. The molecule has 0 bridgehead atoms. The second-order valence-corrected chi connectivity index (χ2v) is 5.50. The summed E-state index contributed by atoms with van der Waals surface area (Å²) in [5, 5.41) is 18.4. The summed E-state index contributed by atoms with van der Waals surface area (Å²) in [6.07, 6.45) is 3.23. The van der Waals surface area contributed by atoms with Crippen LogP contribution in [-0.2, 0) is 0 Å². The first-order chi connectivity index (χ1) is 10.4. The van der Waals surface area contributed by atoms with Gasteiger partial charge in [0.2, 0.25) is 5.88 Å². The fourth-order valence-electron chi connectivity index (χ4n) is 2.39. The normalized spacial score (nSPS) is 15.2. The van der Waals surface area contributed by atoms with E-state index in [1.165, 1.54) is 16.8 Å². The number of ether oxygens (including phenoxy) is 1. The predicted octanol–water partition coefficient (Wildman–Crippen LogP) is 1.88. The Bertz CT molecular complexity index is 888. The van der Waals surface area contributed by atoms with Gasteiger partial charge in [-0.05, 0) is 38.1 Å². The van der Waals surface area contributed by atoms with Gasteiger partial charge >= 0.3 is 5.69 Å². The van der Waals surface area contributed by atoms with Crippen LogP contribution in [0.1, 0.15) is 25.0 Å². The van der Waals surface area contributed by atoms with E-state index in [2.05, 4.69) is 11.1 Å². The van der Waals surface area contributed by atoms with E-state index in [1.807, 2.05) is 13.8 Å². The molecule has 1 aromatic heterocycles. The van der Waals surface area contributed by atoms with Gasteiger partial charge in [0.1, 0.15) is 11.4 Å². The van der Waals surface area contributed by atoms with Crippen LogP contribution in [0, 0.1) is 11.3 Å². The summed E-state index contributed by atoms with van der Waals surface area (Å²) in [7, 11) is 0. The molecule has 0 fully saturated rings. The third-order valence-corrected chi connectivity index (χ3v) is 3.29. The second kappa shape index (κ2) is 4.74. The van der Waals surface area contributed by atoms with E-state index >= 15 is 0 Å². The Hall–Kier alpha value is -3.07. The van der Waals surface area contributed by atoms with Gasteiger partial charge in [0.05, 0.1) is 17.3 Å². The number of benzene rings is 1. The average molecular weight is 295 g/mol. The summed E-state index contributed by atoms with van der Waals surface area (Å²) >= 11 is 0. The fourth-order valence-corrected chi connectivity index (χ4v) is 2.39. The quantitative estimate of drug-likeness (QED) is 0.867. The smallest absolute Gasteiger partial charge is 0.355 e. The van der Waals surface area contributed by atoms with Gasteiger partial charge < -0.3 is 9.84 Å². The van der Waals surface area contributed by atoms with Crippen molar-refractivity contribution < 1.29 is 9.84 Å². The van der Waals surface area contributed by atoms with Crippen molar-refractivity contribution in [2.24, 2.45) is 0 Å². The Kier molecular flexibility index (Phi) is 2.99. The molecule has 1 aliphatic rings. The molecule has 1 aliphatic heterocycles. The number of hydrogen-bond donors (Lipinski definition) is 1. The minimum Gasteiger partial charge on any atom is -0.493 e. The molecule has 110 valence electrons. The summed E-state index contributed by atoms with van der Waals surface area (Å²) in [5.74, 6) is 0.251. The third-order valence-electron chi connectivity index (χ3n) is 3.29. The lowest BCUT2D eigenvalue weighted by Crippen LogP contribution is -2.32. The molecule has 0 unspecified atom stereocenters. The first-order valence-corrected chi connectivity index (χ1v) is 6.65. The van der Waals surface area contributed by atoms with Gasteiger partial charge in [0.15, 0.2) is 0 Å². The largest absolute Gasteiger partial charge is 0.493 e. The summed E-state index contributed by atoms with van der Waals surface area (Å²) in [4.78, 5) is 15.6. The predicted molar refractivity (Wildman–Crippen MR) is 79.4 cm³/mol. The molecule has 0 atom stereocenters. The van der Waals surface area contributed by atoms with Crippen molar-refractivity contribution in [2.45, 2.75) is 19.4 Å². The number of nitriles is 1. The van der Waals surface area contributed by atoms with Gasteiger partial charge in [-0.15, -0.1) is 0 Å². The van der Waals surface area contributed by atoms with E-state index in [-0.39, 0.29) is 5.88 Å². The molecule has 6 heteroatoms. The highest BCUT2D eigenvalue weighted by Crippen LogP contribution is 2.36. The Morgan fingerprint density at radius 2 is 2.14 bits per heavy atom. The van der Waals surface area contributed by atoms with Crippen LogP contribution < -0.4 is 10.4 Å². The van der Waals surface area contributed by atoms with Crippen LogP contribution in [0.4, 0.5) is 0 Å². The van der Waals surface area contributed by atoms with Gasteiger partial charge in [-0.2, -0.15) is 10.2 Å². The van der Waals surface area contributed by atoms with Crippen molar-refractivity contribution in [2.75, 3.05) is 0 Å². The van der Waals surface area contributed by atoms with E-state index in [0.29, 0.717) is 22.6 Å². The highest BCUT2D eigenvalue weighted by molar-refractivity contribution is 5.74. The van der Waals surface area contributed by atoms with Crippen molar-refractivity contribution in [1.82, 2.24) is 9.55 Å². The van der Waals surface area contributed by atoms with Gasteiger partial charge in [0.25, 0.3) is 0 Å². The number of aromatic nitrogens is 2. The Labute approximate surface area is 126 Å². The summed E-state index contributed by atoms with van der Waals surface area (Å²) in [6.45, 7) is 3.74. The van der Waals surface area contributed by atoms with Gasteiger partial charge in [0, 0.05) is 17.8 Å². The molecule has 0 saturated carbocycles. The number of hydrogen-bond acceptors (Lipinski definition) is 5. The molecule has 0 radical (unpaired) electrons. The van der Waals surface area contributed by atoms with Crippen LogP contribution in [0.5, 0.6) is 11.6 Å². The van der Waals surface area contributed by atoms with Crippen molar-refractivity contribution in [3.05, 3.63) is 58.1 Å². The Morgan fingerprint density at radius 1 is 1.36 bits per heavy atom.